The van der Waals surface area contributed by atoms with Crippen LogP contribution in [-0.4, -0.2) is 31.2 Å². The first-order valence-electron chi connectivity index (χ1n) is 5.05. The molecular weight excluding hydrogens is 206 g/mol. The van der Waals surface area contributed by atoms with Crippen molar-refractivity contribution in [3.63, 3.8) is 0 Å². The number of nitrogens with one attached hydrogen (secondary N) is 1. The Morgan fingerprint density at radius 2 is 2.44 bits per heavy atom. The molecule has 16 heavy (non-hydrogen) atoms. The van der Waals surface area contributed by atoms with E-state index in [4.69, 9.17) is 10.5 Å². The third-order valence-corrected chi connectivity index (χ3v) is 2.52. The first-order valence-corrected chi connectivity index (χ1v) is 5.05. The van der Waals surface area contributed by atoms with Crippen LogP contribution < -0.4 is 11.1 Å². The predicted molar refractivity (Wildman–Crippen MR) is 60.7 cm³/mol. The molecule has 88 valence electrons. The van der Waals surface area contributed by atoms with Gasteiger partial charge < -0.3 is 10.5 Å². The number of methoxy groups -OCH3 is 1. The van der Waals surface area contributed by atoms with Gasteiger partial charge in [0, 0.05) is 26.0 Å². The van der Waals surface area contributed by atoms with Crippen LogP contribution in [0.25, 0.3) is 0 Å². The third-order valence-electron chi connectivity index (χ3n) is 2.52. The Bertz CT molecular complexity index is 342. The van der Waals surface area contributed by atoms with E-state index in [1.54, 1.807) is 32.5 Å². The molecule has 1 rings (SSSR count). The topological polar surface area (TPSA) is 77.2 Å². The van der Waals surface area contributed by atoms with E-state index < -0.39 is 11.4 Å². The molecule has 0 saturated heterocycles. The number of ether oxygens (including phenoxy) is 1. The smallest absolute Gasteiger partial charge is 0.242 e. The Morgan fingerprint density at radius 1 is 1.69 bits per heavy atom. The molecule has 1 amide bonds. The molecule has 0 spiro atoms. The summed E-state index contributed by atoms with van der Waals surface area (Å²) in [5.74, 6) is -0.434. The van der Waals surface area contributed by atoms with Crippen molar-refractivity contribution in [2.24, 2.45) is 5.73 Å². The summed E-state index contributed by atoms with van der Waals surface area (Å²) in [6.45, 7) is 2.80. The molecule has 5 heteroatoms. The van der Waals surface area contributed by atoms with Crippen molar-refractivity contribution in [2.45, 2.75) is 12.5 Å². The van der Waals surface area contributed by atoms with Gasteiger partial charge in [0.2, 0.25) is 5.91 Å². The standard InChI is InChI=1S/C11H17N3O2/c1-11(10(12)15,14-6-7-16-2)9-4-3-5-13-8-9/h3-5,8,14H,6-7H2,1-2H3,(H2,12,15). The van der Waals surface area contributed by atoms with E-state index in [0.29, 0.717) is 13.2 Å². The highest BCUT2D eigenvalue weighted by Gasteiger charge is 2.32. The predicted octanol–water partition coefficient (Wildman–Crippen LogP) is 0.0181. The summed E-state index contributed by atoms with van der Waals surface area (Å²) >= 11 is 0. The molecule has 0 bridgehead atoms. The van der Waals surface area contributed by atoms with Gasteiger partial charge in [-0.2, -0.15) is 0 Å². The SMILES string of the molecule is COCCNC(C)(C(N)=O)c1cccnc1. The molecule has 0 saturated carbocycles. The van der Waals surface area contributed by atoms with E-state index in [9.17, 15) is 4.79 Å². The Balaban J connectivity index is 2.85. The van der Waals surface area contributed by atoms with Gasteiger partial charge in [0.15, 0.2) is 0 Å². The molecule has 3 N–H and O–H groups in total. The highest BCUT2D eigenvalue weighted by Crippen LogP contribution is 2.18. The molecule has 1 aromatic heterocycles. The highest BCUT2D eigenvalue weighted by atomic mass is 16.5. The zero-order valence-electron chi connectivity index (χ0n) is 9.56. The molecule has 1 unspecified atom stereocenters. The zero-order chi connectivity index (χ0) is 12.0. The third kappa shape index (κ3) is 2.77. The van der Waals surface area contributed by atoms with Crippen LogP contribution in [0.3, 0.4) is 0 Å². The van der Waals surface area contributed by atoms with Gasteiger partial charge in [-0.1, -0.05) is 6.07 Å². The molecular formula is C11H17N3O2. The minimum absolute atomic E-state index is 0.434. The monoisotopic (exact) mass is 223 g/mol. The average molecular weight is 223 g/mol. The van der Waals surface area contributed by atoms with Gasteiger partial charge in [0.05, 0.1) is 6.61 Å². The molecule has 5 nitrogen and oxygen atoms in total. The Morgan fingerprint density at radius 3 is 2.94 bits per heavy atom. The molecule has 0 aliphatic carbocycles. The van der Waals surface area contributed by atoms with E-state index in [2.05, 4.69) is 10.3 Å². The van der Waals surface area contributed by atoms with Crippen LogP contribution in [0.1, 0.15) is 12.5 Å². The Kier molecular flexibility index (Phi) is 4.39. The second kappa shape index (κ2) is 5.58. The van der Waals surface area contributed by atoms with E-state index >= 15 is 0 Å². The summed E-state index contributed by atoms with van der Waals surface area (Å²) in [6, 6.07) is 3.59. The number of carbonyl (C=O) groups is 1. The minimum atomic E-state index is -0.910. The molecule has 1 atom stereocenters. The van der Waals surface area contributed by atoms with E-state index in [-0.39, 0.29) is 0 Å². The van der Waals surface area contributed by atoms with Crippen molar-refractivity contribution in [3.8, 4) is 0 Å². The summed E-state index contributed by atoms with van der Waals surface area (Å²) in [5, 5.41) is 3.07. The number of rotatable bonds is 6. The van der Waals surface area contributed by atoms with Crippen molar-refractivity contribution in [3.05, 3.63) is 30.1 Å². The summed E-state index contributed by atoms with van der Waals surface area (Å²) in [7, 11) is 1.60. The number of amides is 1. The second-order valence-electron chi connectivity index (χ2n) is 3.65. The number of hydrogen-bond acceptors (Lipinski definition) is 4. The van der Waals surface area contributed by atoms with Crippen molar-refractivity contribution >= 4 is 5.91 Å². The van der Waals surface area contributed by atoms with Gasteiger partial charge in [0.25, 0.3) is 0 Å². The number of hydrogen-bond donors (Lipinski definition) is 2. The summed E-state index contributed by atoms with van der Waals surface area (Å²) in [4.78, 5) is 15.5. The van der Waals surface area contributed by atoms with Gasteiger partial charge in [-0.25, -0.2) is 0 Å². The maximum absolute atomic E-state index is 11.5. The quantitative estimate of drug-likeness (QED) is 0.666. The Labute approximate surface area is 95.0 Å². The van der Waals surface area contributed by atoms with Gasteiger partial charge in [-0.3, -0.25) is 15.1 Å². The van der Waals surface area contributed by atoms with Gasteiger partial charge in [-0.15, -0.1) is 0 Å². The number of nitrogens with zero attached hydrogens (tertiary/aromatic N) is 1. The first kappa shape index (κ1) is 12.6. The Hall–Kier alpha value is -1.46. The highest BCUT2D eigenvalue weighted by molar-refractivity contribution is 5.85. The number of primary amides is 1. The second-order valence-corrected chi connectivity index (χ2v) is 3.65. The lowest BCUT2D eigenvalue weighted by molar-refractivity contribution is -0.124. The maximum atomic E-state index is 11.5. The molecule has 0 aliphatic heterocycles. The lowest BCUT2D eigenvalue weighted by Crippen LogP contribution is -2.51. The largest absolute Gasteiger partial charge is 0.383 e. The van der Waals surface area contributed by atoms with Crippen molar-refractivity contribution in [1.29, 1.82) is 0 Å². The average Bonchev–Trinajstić information content (AvgIpc) is 2.30. The molecule has 1 heterocycles. The fourth-order valence-electron chi connectivity index (χ4n) is 1.39. The number of carbonyl (C=O) groups excluding carboxylic acids is 1. The zero-order valence-corrected chi connectivity index (χ0v) is 9.56. The molecule has 0 fully saturated rings. The van der Waals surface area contributed by atoms with Crippen molar-refractivity contribution < 1.29 is 9.53 Å². The number of aromatic nitrogens is 1. The number of nitrogens with two attached hydrogens (primary N) is 1. The lowest BCUT2D eigenvalue weighted by Gasteiger charge is -2.27. The van der Waals surface area contributed by atoms with E-state index in [1.165, 1.54) is 0 Å². The van der Waals surface area contributed by atoms with Crippen LogP contribution >= 0.6 is 0 Å². The van der Waals surface area contributed by atoms with Gasteiger partial charge >= 0.3 is 0 Å². The lowest BCUT2D eigenvalue weighted by atomic mass is 9.92. The number of pyridine rings is 1. The van der Waals surface area contributed by atoms with Crippen LogP contribution in [0.5, 0.6) is 0 Å². The van der Waals surface area contributed by atoms with Crippen molar-refractivity contribution in [1.82, 2.24) is 10.3 Å². The molecule has 1 aromatic rings. The fourth-order valence-corrected chi connectivity index (χ4v) is 1.39. The van der Waals surface area contributed by atoms with Crippen molar-refractivity contribution in [2.75, 3.05) is 20.3 Å². The maximum Gasteiger partial charge on any atom is 0.242 e. The molecule has 0 radical (unpaired) electrons. The molecule has 0 aliphatic rings. The summed E-state index contributed by atoms with van der Waals surface area (Å²) < 4.78 is 4.92. The van der Waals surface area contributed by atoms with E-state index in [1.807, 2.05) is 6.07 Å². The normalized spacial score (nSPS) is 14.4. The van der Waals surface area contributed by atoms with Crippen LogP contribution in [-0.2, 0) is 15.1 Å². The van der Waals surface area contributed by atoms with Gasteiger partial charge in [-0.05, 0) is 18.6 Å². The van der Waals surface area contributed by atoms with Crippen LogP contribution in [0.2, 0.25) is 0 Å². The summed E-state index contributed by atoms with van der Waals surface area (Å²) in [6.07, 6.45) is 3.28. The minimum Gasteiger partial charge on any atom is -0.383 e. The fraction of sp³-hybridized carbons (Fsp3) is 0.455. The van der Waals surface area contributed by atoms with Crippen LogP contribution in [0, 0.1) is 0 Å². The van der Waals surface area contributed by atoms with Gasteiger partial charge in [0.1, 0.15) is 5.54 Å². The first-order chi connectivity index (χ1) is 7.61. The summed E-state index contributed by atoms with van der Waals surface area (Å²) in [5.41, 5.74) is 5.25. The van der Waals surface area contributed by atoms with Crippen LogP contribution in [0.15, 0.2) is 24.5 Å². The molecule has 0 aromatic carbocycles. The van der Waals surface area contributed by atoms with Crippen LogP contribution in [0.4, 0.5) is 0 Å². The van der Waals surface area contributed by atoms with E-state index in [0.717, 1.165) is 5.56 Å².